The van der Waals surface area contributed by atoms with Crippen LogP contribution in [0.2, 0.25) is 0 Å². The summed E-state index contributed by atoms with van der Waals surface area (Å²) in [7, 11) is 1.79. The standard InChI is InChI=1S/C11H13N5O2/c1-16-6-9(13-15-16)7-18-10-4-2-8(3-5-10)11(12)14-17/h2-6,17H,7H2,1H3,(H2,12,14). The van der Waals surface area contributed by atoms with E-state index in [4.69, 9.17) is 15.7 Å². The Hall–Kier alpha value is -2.57. The topological polar surface area (TPSA) is 98.5 Å². The average Bonchev–Trinajstić information content (AvgIpc) is 2.82. The zero-order chi connectivity index (χ0) is 13.0. The van der Waals surface area contributed by atoms with Gasteiger partial charge in [0.15, 0.2) is 5.84 Å². The Kier molecular flexibility index (Phi) is 3.42. The molecule has 0 atom stereocenters. The molecule has 0 saturated heterocycles. The van der Waals surface area contributed by atoms with Crippen molar-refractivity contribution in [3.05, 3.63) is 41.7 Å². The van der Waals surface area contributed by atoms with E-state index < -0.39 is 0 Å². The summed E-state index contributed by atoms with van der Waals surface area (Å²) in [6, 6.07) is 6.90. The van der Waals surface area contributed by atoms with E-state index in [1.165, 1.54) is 0 Å². The van der Waals surface area contributed by atoms with E-state index >= 15 is 0 Å². The number of benzene rings is 1. The van der Waals surface area contributed by atoms with Crippen LogP contribution >= 0.6 is 0 Å². The molecule has 1 heterocycles. The molecule has 7 nitrogen and oxygen atoms in total. The summed E-state index contributed by atoms with van der Waals surface area (Å²) < 4.78 is 7.13. The maximum Gasteiger partial charge on any atom is 0.170 e. The first-order valence-electron chi connectivity index (χ1n) is 5.25. The van der Waals surface area contributed by atoms with Crippen molar-refractivity contribution < 1.29 is 9.94 Å². The Balaban J connectivity index is 1.98. The highest BCUT2D eigenvalue weighted by atomic mass is 16.5. The number of hydrogen-bond acceptors (Lipinski definition) is 5. The van der Waals surface area contributed by atoms with Gasteiger partial charge in [0.1, 0.15) is 18.1 Å². The summed E-state index contributed by atoms with van der Waals surface area (Å²) in [6.07, 6.45) is 1.78. The molecule has 1 aromatic heterocycles. The molecule has 18 heavy (non-hydrogen) atoms. The number of ether oxygens (including phenoxy) is 1. The third-order valence-electron chi connectivity index (χ3n) is 2.29. The second-order valence-corrected chi connectivity index (χ2v) is 3.68. The molecular formula is C11H13N5O2. The molecule has 2 aromatic rings. The van der Waals surface area contributed by atoms with Crippen molar-refractivity contribution in [2.75, 3.05) is 0 Å². The zero-order valence-corrected chi connectivity index (χ0v) is 9.82. The fraction of sp³-hybridized carbons (Fsp3) is 0.182. The molecule has 94 valence electrons. The number of aromatic nitrogens is 3. The van der Waals surface area contributed by atoms with Crippen LogP contribution in [0, 0.1) is 0 Å². The zero-order valence-electron chi connectivity index (χ0n) is 9.82. The van der Waals surface area contributed by atoms with E-state index in [1.54, 1.807) is 42.2 Å². The highest BCUT2D eigenvalue weighted by molar-refractivity contribution is 5.97. The Morgan fingerprint density at radius 1 is 1.44 bits per heavy atom. The number of hydrogen-bond donors (Lipinski definition) is 2. The van der Waals surface area contributed by atoms with Gasteiger partial charge in [-0.05, 0) is 24.3 Å². The fourth-order valence-electron chi connectivity index (χ4n) is 1.40. The molecule has 0 radical (unpaired) electrons. The number of aryl methyl sites for hydroxylation is 1. The lowest BCUT2D eigenvalue weighted by Gasteiger charge is -2.04. The number of oxime groups is 1. The monoisotopic (exact) mass is 247 g/mol. The number of nitrogens with two attached hydrogens (primary N) is 1. The number of nitrogens with zero attached hydrogens (tertiary/aromatic N) is 4. The van der Waals surface area contributed by atoms with E-state index in [-0.39, 0.29) is 5.84 Å². The Labute approximate surface area is 103 Å². The quantitative estimate of drug-likeness (QED) is 0.354. The predicted molar refractivity (Wildman–Crippen MR) is 64.3 cm³/mol. The fourth-order valence-corrected chi connectivity index (χ4v) is 1.40. The molecule has 3 N–H and O–H groups in total. The minimum absolute atomic E-state index is 0.0653. The lowest BCUT2D eigenvalue weighted by molar-refractivity contribution is 0.301. The molecular weight excluding hydrogens is 234 g/mol. The van der Waals surface area contributed by atoms with Gasteiger partial charge in [0, 0.05) is 12.6 Å². The van der Waals surface area contributed by atoms with Gasteiger partial charge in [0.25, 0.3) is 0 Å². The molecule has 1 aromatic carbocycles. The van der Waals surface area contributed by atoms with E-state index in [9.17, 15) is 0 Å². The molecule has 0 bridgehead atoms. The first-order chi connectivity index (χ1) is 8.69. The van der Waals surface area contributed by atoms with Crippen molar-refractivity contribution in [3.8, 4) is 5.75 Å². The van der Waals surface area contributed by atoms with Crippen molar-refractivity contribution in [1.29, 1.82) is 0 Å². The molecule has 2 rings (SSSR count). The molecule has 0 amide bonds. The third-order valence-corrected chi connectivity index (χ3v) is 2.29. The first kappa shape index (κ1) is 11.9. The summed E-state index contributed by atoms with van der Waals surface area (Å²) in [4.78, 5) is 0. The largest absolute Gasteiger partial charge is 0.487 e. The highest BCUT2D eigenvalue weighted by Gasteiger charge is 2.02. The van der Waals surface area contributed by atoms with Crippen molar-refractivity contribution in [2.24, 2.45) is 17.9 Å². The molecule has 0 fully saturated rings. The SMILES string of the molecule is Cn1cc(COc2ccc(/C(N)=N/O)cc2)nn1. The highest BCUT2D eigenvalue weighted by Crippen LogP contribution is 2.13. The van der Waals surface area contributed by atoms with Gasteiger partial charge in [-0.1, -0.05) is 10.4 Å². The van der Waals surface area contributed by atoms with Crippen LogP contribution in [0.25, 0.3) is 0 Å². The van der Waals surface area contributed by atoms with E-state index in [0.29, 0.717) is 17.9 Å². The predicted octanol–water partition coefficient (Wildman–Crippen LogP) is 0.489. The summed E-state index contributed by atoms with van der Waals surface area (Å²) >= 11 is 0. The van der Waals surface area contributed by atoms with E-state index in [1.807, 2.05) is 0 Å². The van der Waals surface area contributed by atoms with Crippen molar-refractivity contribution in [2.45, 2.75) is 6.61 Å². The van der Waals surface area contributed by atoms with Gasteiger partial charge in [0.05, 0.1) is 6.20 Å². The lowest BCUT2D eigenvalue weighted by atomic mass is 10.2. The van der Waals surface area contributed by atoms with Gasteiger partial charge in [-0.15, -0.1) is 5.10 Å². The normalized spacial score (nSPS) is 11.5. The Morgan fingerprint density at radius 2 is 2.17 bits per heavy atom. The minimum atomic E-state index is 0.0653. The van der Waals surface area contributed by atoms with Crippen molar-refractivity contribution in [1.82, 2.24) is 15.0 Å². The van der Waals surface area contributed by atoms with Crippen LogP contribution in [0.4, 0.5) is 0 Å². The summed E-state index contributed by atoms with van der Waals surface area (Å²) in [5.41, 5.74) is 6.83. The maximum atomic E-state index is 8.53. The molecule has 0 aliphatic rings. The molecule has 0 aliphatic heterocycles. The second kappa shape index (κ2) is 5.17. The van der Waals surface area contributed by atoms with Crippen LogP contribution in [-0.2, 0) is 13.7 Å². The smallest absolute Gasteiger partial charge is 0.170 e. The molecule has 7 heteroatoms. The van der Waals surface area contributed by atoms with Crippen molar-refractivity contribution >= 4 is 5.84 Å². The van der Waals surface area contributed by atoms with E-state index in [0.717, 1.165) is 5.69 Å². The van der Waals surface area contributed by atoms with Crippen molar-refractivity contribution in [3.63, 3.8) is 0 Å². The molecule has 0 aliphatic carbocycles. The van der Waals surface area contributed by atoms with Crippen LogP contribution in [-0.4, -0.2) is 26.0 Å². The van der Waals surface area contributed by atoms with Gasteiger partial charge >= 0.3 is 0 Å². The van der Waals surface area contributed by atoms with Crippen LogP contribution in [0.15, 0.2) is 35.6 Å². The summed E-state index contributed by atoms with van der Waals surface area (Å²) in [6.45, 7) is 0.344. The van der Waals surface area contributed by atoms with Crippen LogP contribution in [0.5, 0.6) is 5.75 Å². The van der Waals surface area contributed by atoms with Gasteiger partial charge in [-0.25, -0.2) is 0 Å². The van der Waals surface area contributed by atoms with E-state index in [2.05, 4.69) is 15.5 Å². The molecule has 0 saturated carbocycles. The average molecular weight is 247 g/mol. The second-order valence-electron chi connectivity index (χ2n) is 3.68. The Bertz CT molecular complexity index is 547. The van der Waals surface area contributed by atoms with Gasteiger partial charge in [0.2, 0.25) is 0 Å². The van der Waals surface area contributed by atoms with Gasteiger partial charge in [-0.2, -0.15) is 0 Å². The molecule has 0 unspecified atom stereocenters. The number of rotatable bonds is 4. The van der Waals surface area contributed by atoms with Gasteiger partial charge < -0.3 is 15.7 Å². The Morgan fingerprint density at radius 3 is 2.72 bits per heavy atom. The summed E-state index contributed by atoms with van der Waals surface area (Å²) in [5, 5.41) is 19.2. The summed E-state index contributed by atoms with van der Waals surface area (Å²) in [5.74, 6) is 0.741. The molecule has 0 spiro atoms. The van der Waals surface area contributed by atoms with Crippen LogP contribution in [0.3, 0.4) is 0 Å². The van der Waals surface area contributed by atoms with Crippen LogP contribution < -0.4 is 10.5 Å². The lowest BCUT2D eigenvalue weighted by Crippen LogP contribution is -2.12. The van der Waals surface area contributed by atoms with Crippen LogP contribution in [0.1, 0.15) is 11.3 Å². The van der Waals surface area contributed by atoms with Gasteiger partial charge in [-0.3, -0.25) is 4.68 Å². The first-order valence-corrected chi connectivity index (χ1v) is 5.25. The number of amidine groups is 1. The maximum absolute atomic E-state index is 8.53. The third kappa shape index (κ3) is 2.76. The minimum Gasteiger partial charge on any atom is -0.487 e.